The lowest BCUT2D eigenvalue weighted by atomic mass is 9.76. The molecule has 0 unspecified atom stereocenters. The third-order valence-corrected chi connectivity index (χ3v) is 6.42. The van der Waals surface area contributed by atoms with Crippen molar-refractivity contribution in [1.29, 1.82) is 0 Å². The van der Waals surface area contributed by atoms with Gasteiger partial charge in [0.15, 0.2) is 5.78 Å². The van der Waals surface area contributed by atoms with Crippen LogP contribution >= 0.6 is 0 Å². The number of nitrogens with zero attached hydrogens (tertiary/aromatic N) is 1. The number of alkyl carbamates (subject to hydrolysis) is 1. The predicted octanol–water partition coefficient (Wildman–Crippen LogP) is 6.14. The highest BCUT2D eigenvalue weighted by atomic mass is 16.6. The molecule has 170 valence electrons. The van der Waals surface area contributed by atoms with Crippen molar-refractivity contribution in [1.82, 2.24) is 10.3 Å². The number of carbonyl (C=O) groups is 2. The fourth-order valence-electron chi connectivity index (χ4n) is 4.61. The van der Waals surface area contributed by atoms with Crippen LogP contribution in [-0.2, 0) is 11.3 Å². The molecule has 1 N–H and O–H groups in total. The van der Waals surface area contributed by atoms with Gasteiger partial charge in [0.25, 0.3) is 0 Å². The summed E-state index contributed by atoms with van der Waals surface area (Å²) < 4.78 is 5.31. The van der Waals surface area contributed by atoms with Crippen molar-refractivity contribution < 1.29 is 14.3 Å². The number of benzene rings is 1. The second-order valence-corrected chi connectivity index (χ2v) is 10.2. The summed E-state index contributed by atoms with van der Waals surface area (Å²) in [6.07, 6.45) is 5.67. The maximum Gasteiger partial charge on any atom is 0.407 e. The van der Waals surface area contributed by atoms with Crippen LogP contribution in [-0.4, -0.2) is 22.5 Å². The van der Waals surface area contributed by atoms with Gasteiger partial charge in [-0.05, 0) is 88.3 Å². The Morgan fingerprint density at radius 3 is 2.22 bits per heavy atom. The number of carbonyl (C=O) groups excluding carboxylic acids is 2. The van der Waals surface area contributed by atoms with Gasteiger partial charge in [0.2, 0.25) is 0 Å². The number of aromatic nitrogens is 1. The molecule has 4 rings (SSSR count). The first-order valence-electron chi connectivity index (χ1n) is 11.9. The summed E-state index contributed by atoms with van der Waals surface area (Å²) in [6, 6.07) is 14.6. The summed E-state index contributed by atoms with van der Waals surface area (Å²) in [4.78, 5) is 30.2. The van der Waals surface area contributed by atoms with Crippen LogP contribution in [0, 0.1) is 5.92 Å². The number of amides is 1. The molecule has 32 heavy (non-hydrogen) atoms. The summed E-state index contributed by atoms with van der Waals surface area (Å²) in [6.45, 7) is 5.75. The zero-order chi connectivity index (χ0) is 22.7. The van der Waals surface area contributed by atoms with E-state index in [0.717, 1.165) is 44.1 Å². The van der Waals surface area contributed by atoms with E-state index in [4.69, 9.17) is 9.72 Å². The summed E-state index contributed by atoms with van der Waals surface area (Å²) in [7, 11) is 0. The monoisotopic (exact) mass is 434 g/mol. The first-order valence-corrected chi connectivity index (χ1v) is 11.9. The lowest BCUT2D eigenvalue weighted by Crippen LogP contribution is -2.32. The molecule has 0 atom stereocenters. The van der Waals surface area contributed by atoms with Gasteiger partial charge < -0.3 is 10.1 Å². The van der Waals surface area contributed by atoms with Crippen molar-refractivity contribution in [2.45, 2.75) is 83.3 Å². The quantitative estimate of drug-likeness (QED) is 0.555. The molecule has 0 saturated heterocycles. The van der Waals surface area contributed by atoms with Crippen molar-refractivity contribution in [3.8, 4) is 0 Å². The fraction of sp³-hybridized carbons (Fsp3) is 0.519. The highest BCUT2D eigenvalue weighted by Crippen LogP contribution is 2.43. The van der Waals surface area contributed by atoms with E-state index >= 15 is 0 Å². The van der Waals surface area contributed by atoms with Gasteiger partial charge in [0.1, 0.15) is 11.3 Å². The Hall–Kier alpha value is -2.69. The largest absolute Gasteiger partial charge is 0.444 e. The smallest absolute Gasteiger partial charge is 0.407 e. The van der Waals surface area contributed by atoms with Crippen molar-refractivity contribution >= 4 is 11.9 Å². The van der Waals surface area contributed by atoms with E-state index in [0.29, 0.717) is 23.2 Å². The Morgan fingerprint density at radius 2 is 1.59 bits per heavy atom. The molecule has 2 saturated carbocycles. The maximum atomic E-state index is 13.5. The number of hydrogen-bond donors (Lipinski definition) is 1. The number of ketones is 1. The highest BCUT2D eigenvalue weighted by Gasteiger charge is 2.34. The summed E-state index contributed by atoms with van der Waals surface area (Å²) in [5, 5.41) is 2.75. The van der Waals surface area contributed by atoms with E-state index in [1.54, 1.807) is 0 Å². The van der Waals surface area contributed by atoms with Crippen molar-refractivity contribution in [3.63, 3.8) is 0 Å². The summed E-state index contributed by atoms with van der Waals surface area (Å²) in [5.41, 5.74) is 3.24. The van der Waals surface area contributed by atoms with E-state index in [-0.39, 0.29) is 18.2 Å². The molecular formula is C27H34N2O3. The number of nitrogens with one attached hydrogen (secondary N) is 1. The van der Waals surface area contributed by atoms with Crippen LogP contribution in [0.15, 0.2) is 42.5 Å². The number of ether oxygens (including phenoxy) is 1. The molecule has 2 aliphatic rings. The second kappa shape index (κ2) is 9.43. The zero-order valence-electron chi connectivity index (χ0n) is 19.4. The molecule has 1 aromatic heterocycles. The molecule has 2 aliphatic carbocycles. The number of Topliss-reactive ketones (excluding diaryl/α,β-unsaturated/α-hetero) is 1. The third kappa shape index (κ3) is 5.76. The van der Waals surface area contributed by atoms with Crippen LogP contribution in [0.2, 0.25) is 0 Å². The van der Waals surface area contributed by atoms with Crippen molar-refractivity contribution in [2.75, 3.05) is 0 Å². The van der Waals surface area contributed by atoms with Crippen molar-refractivity contribution in [3.05, 3.63) is 65.0 Å². The van der Waals surface area contributed by atoms with Gasteiger partial charge in [-0.3, -0.25) is 4.79 Å². The van der Waals surface area contributed by atoms with Gasteiger partial charge in [-0.25, -0.2) is 9.78 Å². The van der Waals surface area contributed by atoms with E-state index in [9.17, 15) is 9.59 Å². The van der Waals surface area contributed by atoms with Gasteiger partial charge in [-0.1, -0.05) is 36.4 Å². The first kappa shape index (κ1) is 22.5. The molecule has 1 heterocycles. The lowest BCUT2D eigenvalue weighted by Gasteiger charge is -2.28. The fourth-order valence-corrected chi connectivity index (χ4v) is 4.61. The molecule has 2 fully saturated rings. The second-order valence-electron chi connectivity index (χ2n) is 10.2. The van der Waals surface area contributed by atoms with Crippen molar-refractivity contribution in [2.24, 2.45) is 5.92 Å². The van der Waals surface area contributed by atoms with E-state index in [1.165, 1.54) is 5.56 Å². The highest BCUT2D eigenvalue weighted by molar-refractivity contribution is 5.97. The van der Waals surface area contributed by atoms with Crippen LogP contribution in [0.5, 0.6) is 0 Å². The molecule has 0 bridgehead atoms. The van der Waals surface area contributed by atoms with Gasteiger partial charge in [-0.2, -0.15) is 0 Å². The minimum atomic E-state index is -0.549. The van der Waals surface area contributed by atoms with Crippen LogP contribution in [0.3, 0.4) is 0 Å². The molecule has 1 amide bonds. The number of rotatable bonds is 6. The lowest BCUT2D eigenvalue weighted by molar-refractivity contribution is 0.0523. The number of pyridine rings is 1. The Balaban J connectivity index is 1.43. The van der Waals surface area contributed by atoms with Gasteiger partial charge >= 0.3 is 6.09 Å². The van der Waals surface area contributed by atoms with Crippen LogP contribution in [0.4, 0.5) is 4.79 Å². The average Bonchev–Trinajstić information content (AvgIpc) is 3.62. The zero-order valence-corrected chi connectivity index (χ0v) is 19.4. The predicted molar refractivity (Wildman–Crippen MR) is 125 cm³/mol. The molecule has 0 radical (unpaired) electrons. The number of hydrogen-bond acceptors (Lipinski definition) is 4. The SMILES string of the molecule is CC(C)(C)OC(=O)NCc1ccc(C2CC2)c(C(=O)C2CCC(c3ccccc3)CC2)n1. The molecule has 0 spiro atoms. The van der Waals surface area contributed by atoms with Gasteiger partial charge in [0, 0.05) is 5.92 Å². The Bertz CT molecular complexity index is 953. The molecule has 5 heteroatoms. The van der Waals surface area contributed by atoms with Crippen LogP contribution in [0.1, 0.15) is 98.4 Å². The molecule has 1 aromatic carbocycles. The minimum absolute atomic E-state index is 0.0361. The van der Waals surface area contributed by atoms with E-state index < -0.39 is 11.7 Å². The topological polar surface area (TPSA) is 68.3 Å². The van der Waals surface area contributed by atoms with E-state index in [1.807, 2.05) is 39.0 Å². The Kier molecular flexibility index (Phi) is 6.63. The maximum absolute atomic E-state index is 13.5. The van der Waals surface area contributed by atoms with Gasteiger partial charge in [0.05, 0.1) is 12.2 Å². The van der Waals surface area contributed by atoms with Crippen LogP contribution in [0.25, 0.3) is 0 Å². The minimum Gasteiger partial charge on any atom is -0.444 e. The van der Waals surface area contributed by atoms with E-state index in [2.05, 4.69) is 29.6 Å². The molecular weight excluding hydrogens is 400 g/mol. The summed E-state index contributed by atoms with van der Waals surface area (Å²) >= 11 is 0. The standard InChI is InChI=1S/C27H34N2O3/c1-27(2,3)32-26(31)28-17-22-15-16-23(20-11-12-20)24(29-22)25(30)21-13-9-19(10-14-21)18-7-5-4-6-8-18/h4-8,15-16,19-21H,9-14,17H2,1-3H3,(H,28,31). The molecule has 5 nitrogen and oxygen atoms in total. The Labute approximate surface area is 191 Å². The normalized spacial score (nSPS) is 21.1. The summed E-state index contributed by atoms with van der Waals surface area (Å²) in [5.74, 6) is 1.21. The first-order chi connectivity index (χ1) is 15.3. The average molecular weight is 435 g/mol. The molecule has 2 aromatic rings. The Morgan fingerprint density at radius 1 is 0.938 bits per heavy atom. The van der Waals surface area contributed by atoms with Gasteiger partial charge in [-0.15, -0.1) is 0 Å². The van der Waals surface area contributed by atoms with Crippen LogP contribution < -0.4 is 5.32 Å². The molecule has 0 aliphatic heterocycles. The third-order valence-electron chi connectivity index (χ3n) is 6.42.